The molecule has 0 aliphatic carbocycles. The lowest BCUT2D eigenvalue weighted by atomic mass is 9.78. The number of hydrogen-bond acceptors (Lipinski definition) is 3. The second-order valence-corrected chi connectivity index (χ2v) is 5.59. The van der Waals surface area contributed by atoms with Gasteiger partial charge in [-0.15, -0.1) is 0 Å². The van der Waals surface area contributed by atoms with Gasteiger partial charge in [-0.1, -0.05) is 38.1 Å². The van der Waals surface area contributed by atoms with E-state index in [0.29, 0.717) is 25.7 Å². The van der Waals surface area contributed by atoms with Crippen molar-refractivity contribution in [1.82, 2.24) is 0 Å². The molecular formula is C15H23NO2. The highest BCUT2D eigenvalue weighted by atomic mass is 16.5. The summed E-state index contributed by atoms with van der Waals surface area (Å²) in [5.74, 6) is 0.509. The van der Waals surface area contributed by atoms with Gasteiger partial charge in [0.25, 0.3) is 0 Å². The van der Waals surface area contributed by atoms with Crippen molar-refractivity contribution in [3.05, 3.63) is 35.4 Å². The van der Waals surface area contributed by atoms with Gasteiger partial charge in [0, 0.05) is 18.6 Å². The Morgan fingerprint density at radius 2 is 1.89 bits per heavy atom. The molecule has 1 aliphatic heterocycles. The maximum absolute atomic E-state index is 10.5. The number of ether oxygens (including phenoxy) is 1. The van der Waals surface area contributed by atoms with E-state index < -0.39 is 6.10 Å². The third-order valence-electron chi connectivity index (χ3n) is 4.04. The van der Waals surface area contributed by atoms with Gasteiger partial charge in [0.1, 0.15) is 0 Å². The summed E-state index contributed by atoms with van der Waals surface area (Å²) in [5.41, 5.74) is 7.77. The average molecular weight is 249 g/mol. The van der Waals surface area contributed by atoms with Gasteiger partial charge in [0.2, 0.25) is 0 Å². The molecule has 0 saturated carbocycles. The second kappa shape index (κ2) is 5.39. The summed E-state index contributed by atoms with van der Waals surface area (Å²) in [6, 6.07) is 8.19. The zero-order valence-corrected chi connectivity index (χ0v) is 11.2. The first kappa shape index (κ1) is 13.5. The lowest BCUT2D eigenvalue weighted by Gasteiger charge is -2.31. The standard InChI is InChI=1S/C15H23NO2/c1-11(2)12-3-5-13(6-4-12)14(17)15(9-16)7-8-18-10-15/h3-6,11,14,17H,7-10,16H2,1-2H3. The smallest absolute Gasteiger partial charge is 0.0881 e. The van der Waals surface area contributed by atoms with Gasteiger partial charge in [0.15, 0.2) is 0 Å². The van der Waals surface area contributed by atoms with Crippen LogP contribution in [-0.2, 0) is 4.74 Å². The maximum Gasteiger partial charge on any atom is 0.0881 e. The van der Waals surface area contributed by atoms with Crippen LogP contribution in [-0.4, -0.2) is 24.9 Å². The maximum atomic E-state index is 10.5. The van der Waals surface area contributed by atoms with Crippen molar-refractivity contribution in [3.8, 4) is 0 Å². The third-order valence-corrected chi connectivity index (χ3v) is 4.04. The van der Waals surface area contributed by atoms with Crippen LogP contribution in [0.5, 0.6) is 0 Å². The normalized spacial score (nSPS) is 25.6. The Labute approximate surface area is 109 Å². The molecule has 3 nitrogen and oxygen atoms in total. The van der Waals surface area contributed by atoms with Gasteiger partial charge in [-0.25, -0.2) is 0 Å². The molecule has 1 aromatic carbocycles. The second-order valence-electron chi connectivity index (χ2n) is 5.59. The Kier molecular flexibility index (Phi) is 4.05. The quantitative estimate of drug-likeness (QED) is 0.860. The molecule has 0 spiro atoms. The largest absolute Gasteiger partial charge is 0.388 e. The molecule has 2 unspecified atom stereocenters. The van der Waals surface area contributed by atoms with Crippen LogP contribution in [0.4, 0.5) is 0 Å². The van der Waals surface area contributed by atoms with Crippen molar-refractivity contribution in [2.45, 2.75) is 32.3 Å². The highest BCUT2D eigenvalue weighted by molar-refractivity contribution is 5.27. The number of rotatable bonds is 4. The van der Waals surface area contributed by atoms with Crippen LogP contribution in [0.25, 0.3) is 0 Å². The van der Waals surface area contributed by atoms with E-state index in [9.17, 15) is 5.11 Å². The molecule has 0 amide bonds. The molecule has 2 rings (SSSR count). The van der Waals surface area contributed by atoms with Gasteiger partial charge in [-0.3, -0.25) is 0 Å². The minimum atomic E-state index is -0.536. The Morgan fingerprint density at radius 3 is 2.33 bits per heavy atom. The van der Waals surface area contributed by atoms with Crippen molar-refractivity contribution in [2.24, 2.45) is 11.1 Å². The Bertz CT molecular complexity index is 380. The van der Waals surface area contributed by atoms with Gasteiger partial charge >= 0.3 is 0 Å². The topological polar surface area (TPSA) is 55.5 Å². The van der Waals surface area contributed by atoms with E-state index in [-0.39, 0.29) is 5.41 Å². The zero-order valence-electron chi connectivity index (χ0n) is 11.2. The summed E-state index contributed by atoms with van der Waals surface area (Å²) in [4.78, 5) is 0. The van der Waals surface area contributed by atoms with Crippen molar-refractivity contribution in [2.75, 3.05) is 19.8 Å². The monoisotopic (exact) mass is 249 g/mol. The highest BCUT2D eigenvalue weighted by Crippen LogP contribution is 2.40. The predicted molar refractivity (Wildman–Crippen MR) is 72.4 cm³/mol. The Balaban J connectivity index is 2.20. The lowest BCUT2D eigenvalue weighted by Crippen LogP contribution is -2.37. The summed E-state index contributed by atoms with van der Waals surface area (Å²) in [5, 5.41) is 10.5. The molecule has 18 heavy (non-hydrogen) atoms. The molecular weight excluding hydrogens is 226 g/mol. The summed E-state index contributed by atoms with van der Waals surface area (Å²) >= 11 is 0. The molecule has 1 saturated heterocycles. The Hall–Kier alpha value is -0.900. The molecule has 1 aliphatic rings. The van der Waals surface area contributed by atoms with Crippen molar-refractivity contribution >= 4 is 0 Å². The fourth-order valence-corrected chi connectivity index (χ4v) is 2.53. The highest BCUT2D eigenvalue weighted by Gasteiger charge is 2.41. The third kappa shape index (κ3) is 2.44. The molecule has 1 fully saturated rings. The van der Waals surface area contributed by atoms with E-state index in [1.54, 1.807) is 0 Å². The molecule has 3 N–H and O–H groups in total. The van der Waals surface area contributed by atoms with Crippen LogP contribution < -0.4 is 5.73 Å². The molecule has 100 valence electrons. The molecule has 3 heteroatoms. The molecule has 2 atom stereocenters. The lowest BCUT2D eigenvalue weighted by molar-refractivity contribution is 0.0190. The summed E-state index contributed by atoms with van der Waals surface area (Å²) in [6.45, 7) is 6.03. The van der Waals surface area contributed by atoms with Crippen LogP contribution in [0.2, 0.25) is 0 Å². The van der Waals surface area contributed by atoms with Gasteiger partial charge < -0.3 is 15.6 Å². The number of aliphatic hydroxyl groups excluding tert-OH is 1. The van der Waals surface area contributed by atoms with E-state index in [4.69, 9.17) is 10.5 Å². The van der Waals surface area contributed by atoms with Crippen molar-refractivity contribution < 1.29 is 9.84 Å². The molecule has 1 heterocycles. The number of aliphatic hydroxyl groups is 1. The number of nitrogens with two attached hydrogens (primary N) is 1. The fraction of sp³-hybridized carbons (Fsp3) is 0.600. The van der Waals surface area contributed by atoms with Crippen LogP contribution in [0.3, 0.4) is 0 Å². The van der Waals surface area contributed by atoms with Gasteiger partial charge in [-0.05, 0) is 23.5 Å². The minimum absolute atomic E-state index is 0.306. The molecule has 1 aromatic rings. The summed E-state index contributed by atoms with van der Waals surface area (Å²) < 4.78 is 5.42. The van der Waals surface area contributed by atoms with Gasteiger partial charge in [-0.2, -0.15) is 0 Å². The average Bonchev–Trinajstić information content (AvgIpc) is 2.88. The van der Waals surface area contributed by atoms with Crippen LogP contribution in [0, 0.1) is 5.41 Å². The van der Waals surface area contributed by atoms with Crippen LogP contribution >= 0.6 is 0 Å². The van der Waals surface area contributed by atoms with Crippen molar-refractivity contribution in [3.63, 3.8) is 0 Å². The number of hydrogen-bond donors (Lipinski definition) is 2. The Morgan fingerprint density at radius 1 is 1.28 bits per heavy atom. The fourth-order valence-electron chi connectivity index (χ4n) is 2.53. The van der Waals surface area contributed by atoms with E-state index in [2.05, 4.69) is 26.0 Å². The van der Waals surface area contributed by atoms with E-state index in [1.165, 1.54) is 5.56 Å². The summed E-state index contributed by atoms with van der Waals surface area (Å²) in [7, 11) is 0. The first-order valence-corrected chi connectivity index (χ1v) is 6.65. The molecule has 0 radical (unpaired) electrons. The molecule has 0 bridgehead atoms. The predicted octanol–water partition coefficient (Wildman–Crippen LogP) is 2.21. The first-order chi connectivity index (χ1) is 8.59. The van der Waals surface area contributed by atoms with Gasteiger partial charge in [0.05, 0.1) is 12.7 Å². The van der Waals surface area contributed by atoms with E-state index in [0.717, 1.165) is 12.0 Å². The SMILES string of the molecule is CC(C)c1ccc(C(O)C2(CN)CCOC2)cc1. The minimum Gasteiger partial charge on any atom is -0.388 e. The van der Waals surface area contributed by atoms with E-state index >= 15 is 0 Å². The van der Waals surface area contributed by atoms with Crippen LogP contribution in [0.1, 0.15) is 43.4 Å². The molecule has 0 aromatic heterocycles. The van der Waals surface area contributed by atoms with Crippen molar-refractivity contribution in [1.29, 1.82) is 0 Å². The zero-order chi connectivity index (χ0) is 13.2. The van der Waals surface area contributed by atoms with E-state index in [1.807, 2.05) is 12.1 Å². The summed E-state index contributed by atoms with van der Waals surface area (Å²) in [6.07, 6.45) is 0.294. The first-order valence-electron chi connectivity index (χ1n) is 6.65. The van der Waals surface area contributed by atoms with Crippen LogP contribution in [0.15, 0.2) is 24.3 Å². The number of benzene rings is 1.